The molecule has 1 atom stereocenters. The lowest BCUT2D eigenvalue weighted by atomic mass is 9.94. The van der Waals surface area contributed by atoms with E-state index in [4.69, 9.17) is 11.6 Å². The van der Waals surface area contributed by atoms with Gasteiger partial charge < -0.3 is 0 Å². The van der Waals surface area contributed by atoms with Gasteiger partial charge in [-0.05, 0) is 48.6 Å². The maximum Gasteiger partial charge on any atom is 0.193 e. The van der Waals surface area contributed by atoms with Gasteiger partial charge in [0.2, 0.25) is 0 Å². The predicted molar refractivity (Wildman–Crippen MR) is 84.8 cm³/mol. The summed E-state index contributed by atoms with van der Waals surface area (Å²) < 4.78 is 0. The third kappa shape index (κ3) is 3.10. The summed E-state index contributed by atoms with van der Waals surface area (Å²) >= 11 is 5.93. The largest absolute Gasteiger partial charge is 0.289 e. The number of hydrogen-bond donors (Lipinski definition) is 0. The van der Waals surface area contributed by atoms with Crippen molar-refractivity contribution in [3.05, 3.63) is 69.7 Å². The van der Waals surface area contributed by atoms with Crippen LogP contribution in [0.5, 0.6) is 0 Å². The standard InChI is InChI=1S/C18H19ClO/c1-4-12(2)14-5-7-15(8-6-14)18(20)17-10-9-16(19)11-13(17)3/h5-12H,4H2,1-3H3. The van der Waals surface area contributed by atoms with Gasteiger partial charge in [0.05, 0.1) is 0 Å². The summed E-state index contributed by atoms with van der Waals surface area (Å²) in [5.41, 5.74) is 3.62. The number of aryl methyl sites for hydroxylation is 1. The second-order valence-electron chi connectivity index (χ2n) is 5.22. The zero-order valence-corrected chi connectivity index (χ0v) is 12.9. The van der Waals surface area contributed by atoms with Gasteiger partial charge in [0.25, 0.3) is 0 Å². The molecule has 1 nitrogen and oxygen atoms in total. The van der Waals surface area contributed by atoms with Crippen LogP contribution in [-0.2, 0) is 0 Å². The Kier molecular flexibility index (Phi) is 4.61. The molecule has 1 unspecified atom stereocenters. The van der Waals surface area contributed by atoms with Crippen molar-refractivity contribution in [3.63, 3.8) is 0 Å². The maximum absolute atomic E-state index is 12.5. The zero-order valence-electron chi connectivity index (χ0n) is 12.1. The van der Waals surface area contributed by atoms with Gasteiger partial charge in [-0.15, -0.1) is 0 Å². The average Bonchev–Trinajstić information content (AvgIpc) is 2.46. The van der Waals surface area contributed by atoms with Gasteiger partial charge >= 0.3 is 0 Å². The van der Waals surface area contributed by atoms with Crippen molar-refractivity contribution in [2.24, 2.45) is 0 Å². The van der Waals surface area contributed by atoms with Gasteiger partial charge in [0, 0.05) is 16.1 Å². The average molecular weight is 287 g/mol. The van der Waals surface area contributed by atoms with E-state index in [9.17, 15) is 4.79 Å². The molecule has 104 valence electrons. The van der Waals surface area contributed by atoms with E-state index in [1.54, 1.807) is 12.1 Å². The smallest absolute Gasteiger partial charge is 0.193 e. The Balaban J connectivity index is 2.29. The third-order valence-corrected chi connectivity index (χ3v) is 4.02. The highest BCUT2D eigenvalue weighted by molar-refractivity contribution is 6.30. The number of carbonyl (C=O) groups excluding carboxylic acids is 1. The van der Waals surface area contributed by atoms with Crippen molar-refractivity contribution in [1.29, 1.82) is 0 Å². The molecule has 0 N–H and O–H groups in total. The molecule has 0 amide bonds. The minimum Gasteiger partial charge on any atom is -0.289 e. The normalized spacial score (nSPS) is 12.2. The van der Waals surface area contributed by atoms with E-state index in [1.807, 2.05) is 37.3 Å². The Labute approximate surface area is 125 Å². The van der Waals surface area contributed by atoms with Gasteiger partial charge in [0.15, 0.2) is 5.78 Å². The molecule has 2 heteroatoms. The molecule has 2 aromatic rings. The quantitative estimate of drug-likeness (QED) is 0.688. The monoisotopic (exact) mass is 286 g/mol. The summed E-state index contributed by atoms with van der Waals surface area (Å²) in [6, 6.07) is 13.3. The van der Waals surface area contributed by atoms with Crippen molar-refractivity contribution >= 4 is 17.4 Å². The lowest BCUT2D eigenvalue weighted by Gasteiger charge is -2.10. The Morgan fingerprint density at radius 3 is 2.35 bits per heavy atom. The van der Waals surface area contributed by atoms with Crippen LogP contribution in [0.3, 0.4) is 0 Å². The number of carbonyl (C=O) groups is 1. The van der Waals surface area contributed by atoms with E-state index in [2.05, 4.69) is 13.8 Å². The molecule has 0 aliphatic rings. The molecule has 0 radical (unpaired) electrons. The molecule has 0 aliphatic heterocycles. The van der Waals surface area contributed by atoms with Gasteiger partial charge in [-0.25, -0.2) is 0 Å². The first-order valence-electron chi connectivity index (χ1n) is 6.93. The zero-order chi connectivity index (χ0) is 14.7. The summed E-state index contributed by atoms with van der Waals surface area (Å²) in [6.45, 7) is 6.27. The molecule has 0 spiro atoms. The molecule has 0 saturated heterocycles. The summed E-state index contributed by atoms with van der Waals surface area (Å²) in [4.78, 5) is 12.5. The molecule has 0 saturated carbocycles. The topological polar surface area (TPSA) is 17.1 Å². The lowest BCUT2D eigenvalue weighted by Crippen LogP contribution is -2.04. The molecule has 0 aromatic heterocycles. The SMILES string of the molecule is CCC(C)c1ccc(C(=O)c2ccc(Cl)cc2C)cc1. The van der Waals surface area contributed by atoms with E-state index in [-0.39, 0.29) is 5.78 Å². The highest BCUT2D eigenvalue weighted by atomic mass is 35.5. The van der Waals surface area contributed by atoms with Crippen LogP contribution in [0.2, 0.25) is 5.02 Å². The first-order valence-corrected chi connectivity index (χ1v) is 7.31. The Bertz CT molecular complexity index is 614. The fourth-order valence-corrected chi connectivity index (χ4v) is 2.46. The van der Waals surface area contributed by atoms with Crippen LogP contribution in [0.4, 0.5) is 0 Å². The molecule has 2 aromatic carbocycles. The Morgan fingerprint density at radius 2 is 1.80 bits per heavy atom. The van der Waals surface area contributed by atoms with Crippen LogP contribution in [0.25, 0.3) is 0 Å². The van der Waals surface area contributed by atoms with E-state index in [0.29, 0.717) is 16.5 Å². The van der Waals surface area contributed by atoms with Crippen molar-refractivity contribution in [2.75, 3.05) is 0 Å². The molecule has 20 heavy (non-hydrogen) atoms. The molecule has 0 aliphatic carbocycles. The van der Waals surface area contributed by atoms with Gasteiger partial charge in [0.1, 0.15) is 0 Å². The van der Waals surface area contributed by atoms with Crippen molar-refractivity contribution < 1.29 is 4.79 Å². The van der Waals surface area contributed by atoms with E-state index in [0.717, 1.165) is 17.5 Å². The molecule has 0 fully saturated rings. The number of hydrogen-bond acceptors (Lipinski definition) is 1. The number of ketones is 1. The van der Waals surface area contributed by atoms with E-state index in [1.165, 1.54) is 5.56 Å². The van der Waals surface area contributed by atoms with Crippen LogP contribution < -0.4 is 0 Å². The fourth-order valence-electron chi connectivity index (χ4n) is 2.24. The Hall–Kier alpha value is -1.60. The minimum absolute atomic E-state index is 0.0508. The molecule has 2 rings (SSSR count). The van der Waals surface area contributed by atoms with Crippen molar-refractivity contribution in [1.82, 2.24) is 0 Å². The van der Waals surface area contributed by atoms with Crippen LogP contribution in [-0.4, -0.2) is 5.78 Å². The van der Waals surface area contributed by atoms with Crippen LogP contribution in [0, 0.1) is 6.92 Å². The molecular weight excluding hydrogens is 268 g/mol. The highest BCUT2D eigenvalue weighted by Crippen LogP contribution is 2.22. The Morgan fingerprint density at radius 1 is 1.15 bits per heavy atom. The summed E-state index contributed by atoms with van der Waals surface area (Å²) in [5.74, 6) is 0.575. The number of benzene rings is 2. The van der Waals surface area contributed by atoms with Crippen molar-refractivity contribution in [2.45, 2.75) is 33.1 Å². The molecular formula is C18H19ClO. The first-order chi connectivity index (χ1) is 9.52. The minimum atomic E-state index is 0.0508. The van der Waals surface area contributed by atoms with Gasteiger partial charge in [-0.2, -0.15) is 0 Å². The second kappa shape index (κ2) is 6.23. The van der Waals surface area contributed by atoms with Crippen molar-refractivity contribution in [3.8, 4) is 0 Å². The number of halogens is 1. The summed E-state index contributed by atoms with van der Waals surface area (Å²) in [5, 5.41) is 0.658. The van der Waals surface area contributed by atoms with E-state index < -0.39 is 0 Å². The molecule has 0 heterocycles. The third-order valence-electron chi connectivity index (χ3n) is 3.79. The lowest BCUT2D eigenvalue weighted by molar-refractivity contribution is 0.103. The van der Waals surface area contributed by atoms with Gasteiger partial charge in [-0.1, -0.05) is 49.7 Å². The first kappa shape index (κ1) is 14.8. The van der Waals surface area contributed by atoms with E-state index >= 15 is 0 Å². The summed E-state index contributed by atoms with van der Waals surface area (Å²) in [6.07, 6.45) is 1.10. The van der Waals surface area contributed by atoms with Crippen LogP contribution >= 0.6 is 11.6 Å². The number of rotatable bonds is 4. The van der Waals surface area contributed by atoms with Crippen LogP contribution in [0.1, 0.15) is 53.2 Å². The maximum atomic E-state index is 12.5. The summed E-state index contributed by atoms with van der Waals surface area (Å²) in [7, 11) is 0. The molecule has 0 bridgehead atoms. The predicted octanol–water partition coefficient (Wildman–Crippen LogP) is 5.39. The van der Waals surface area contributed by atoms with Crippen LogP contribution in [0.15, 0.2) is 42.5 Å². The fraction of sp³-hybridized carbons (Fsp3) is 0.278. The highest BCUT2D eigenvalue weighted by Gasteiger charge is 2.12. The second-order valence-corrected chi connectivity index (χ2v) is 5.66. The van der Waals surface area contributed by atoms with Gasteiger partial charge in [-0.3, -0.25) is 4.79 Å².